The fourth-order valence-electron chi connectivity index (χ4n) is 1.74. The topological polar surface area (TPSA) is 89.3 Å². The number of hydrogen-bond acceptors (Lipinski definition) is 4. The molecule has 0 aliphatic carbocycles. The van der Waals surface area contributed by atoms with Crippen LogP contribution in [0.2, 0.25) is 0 Å². The van der Waals surface area contributed by atoms with Crippen molar-refractivity contribution in [1.29, 1.82) is 0 Å². The van der Waals surface area contributed by atoms with Crippen molar-refractivity contribution in [2.24, 2.45) is 5.73 Å². The van der Waals surface area contributed by atoms with E-state index in [0.717, 1.165) is 12.0 Å². The SMILES string of the molecule is CCCCS(=O)(=O)C(C)C(=O)Nc1ccccc1CN. The van der Waals surface area contributed by atoms with Gasteiger partial charge in [-0.15, -0.1) is 0 Å². The van der Waals surface area contributed by atoms with Gasteiger partial charge in [-0.25, -0.2) is 8.42 Å². The summed E-state index contributed by atoms with van der Waals surface area (Å²) in [6.07, 6.45) is 1.35. The van der Waals surface area contributed by atoms with Crippen molar-refractivity contribution in [2.75, 3.05) is 11.1 Å². The van der Waals surface area contributed by atoms with Crippen LogP contribution in [0.5, 0.6) is 0 Å². The molecule has 0 bridgehead atoms. The number of nitrogens with one attached hydrogen (secondary N) is 1. The number of carbonyl (C=O) groups excluding carboxylic acids is 1. The summed E-state index contributed by atoms with van der Waals surface area (Å²) in [7, 11) is -3.40. The normalized spacial score (nSPS) is 12.9. The molecule has 0 spiro atoms. The Balaban J connectivity index is 2.80. The van der Waals surface area contributed by atoms with Gasteiger partial charge >= 0.3 is 0 Å². The molecule has 1 aromatic carbocycles. The van der Waals surface area contributed by atoms with E-state index in [2.05, 4.69) is 5.32 Å². The van der Waals surface area contributed by atoms with Crippen molar-refractivity contribution in [1.82, 2.24) is 0 Å². The maximum atomic E-state index is 12.1. The first-order valence-corrected chi connectivity index (χ1v) is 8.44. The first-order chi connectivity index (χ1) is 9.42. The zero-order valence-corrected chi connectivity index (χ0v) is 12.7. The van der Waals surface area contributed by atoms with Crippen molar-refractivity contribution >= 4 is 21.4 Å². The predicted molar refractivity (Wildman–Crippen MR) is 81.1 cm³/mol. The lowest BCUT2D eigenvalue weighted by Gasteiger charge is -2.15. The molecule has 0 aliphatic rings. The number of amides is 1. The molecule has 5 nitrogen and oxygen atoms in total. The second-order valence-electron chi connectivity index (χ2n) is 4.71. The lowest BCUT2D eigenvalue weighted by molar-refractivity contribution is -0.115. The molecule has 1 unspecified atom stereocenters. The van der Waals surface area contributed by atoms with Crippen LogP contribution in [-0.4, -0.2) is 25.3 Å². The number of sulfone groups is 1. The van der Waals surface area contributed by atoms with Crippen LogP contribution >= 0.6 is 0 Å². The van der Waals surface area contributed by atoms with Gasteiger partial charge < -0.3 is 11.1 Å². The average molecular weight is 298 g/mol. The Kier molecular flexibility index (Phi) is 6.16. The molecule has 6 heteroatoms. The highest BCUT2D eigenvalue weighted by atomic mass is 32.2. The highest BCUT2D eigenvalue weighted by Crippen LogP contribution is 2.16. The first kappa shape index (κ1) is 16.7. The molecule has 1 atom stereocenters. The van der Waals surface area contributed by atoms with Crippen LogP contribution in [0, 0.1) is 0 Å². The number of anilines is 1. The first-order valence-electron chi connectivity index (χ1n) is 6.72. The van der Waals surface area contributed by atoms with Crippen LogP contribution in [0.25, 0.3) is 0 Å². The standard InChI is InChI=1S/C14H22N2O3S/c1-3-4-9-20(18,19)11(2)14(17)16-13-8-6-5-7-12(13)10-15/h5-8,11H,3-4,9-10,15H2,1-2H3,(H,16,17). The smallest absolute Gasteiger partial charge is 0.242 e. The third-order valence-corrected chi connectivity index (χ3v) is 5.33. The van der Waals surface area contributed by atoms with E-state index in [1.165, 1.54) is 6.92 Å². The van der Waals surface area contributed by atoms with Crippen molar-refractivity contribution in [3.8, 4) is 0 Å². The van der Waals surface area contributed by atoms with Crippen molar-refractivity contribution in [3.63, 3.8) is 0 Å². The lowest BCUT2D eigenvalue weighted by Crippen LogP contribution is -2.34. The second-order valence-corrected chi connectivity index (χ2v) is 7.15. The van der Waals surface area contributed by atoms with E-state index in [1.54, 1.807) is 18.2 Å². The number of benzene rings is 1. The molecule has 0 aliphatic heterocycles. The molecule has 1 amide bonds. The molecule has 1 rings (SSSR count). The van der Waals surface area contributed by atoms with Crippen molar-refractivity contribution in [3.05, 3.63) is 29.8 Å². The van der Waals surface area contributed by atoms with Gasteiger partial charge in [0.1, 0.15) is 5.25 Å². The van der Waals surface area contributed by atoms with Gasteiger partial charge in [-0.2, -0.15) is 0 Å². The molecular weight excluding hydrogens is 276 g/mol. The lowest BCUT2D eigenvalue weighted by atomic mass is 10.2. The molecule has 1 aromatic rings. The Bertz CT molecular complexity index is 555. The summed E-state index contributed by atoms with van der Waals surface area (Å²) in [5.74, 6) is -0.474. The average Bonchev–Trinajstić information content (AvgIpc) is 2.44. The van der Waals surface area contributed by atoms with Crippen molar-refractivity contribution in [2.45, 2.75) is 38.5 Å². The summed E-state index contributed by atoms with van der Waals surface area (Å²) >= 11 is 0. The fourth-order valence-corrected chi connectivity index (χ4v) is 3.17. The summed E-state index contributed by atoms with van der Waals surface area (Å²) in [6, 6.07) is 7.10. The number of unbranched alkanes of at least 4 members (excludes halogenated alkanes) is 1. The molecule has 0 heterocycles. The van der Waals surface area contributed by atoms with Gasteiger partial charge in [-0.05, 0) is 25.0 Å². The minimum atomic E-state index is -3.40. The molecule has 0 fully saturated rings. The minimum absolute atomic E-state index is 0.0383. The molecule has 0 radical (unpaired) electrons. The number of hydrogen-bond donors (Lipinski definition) is 2. The van der Waals surface area contributed by atoms with Crippen LogP contribution in [0.3, 0.4) is 0 Å². The zero-order chi connectivity index (χ0) is 15.2. The Morgan fingerprint density at radius 3 is 2.60 bits per heavy atom. The van der Waals surface area contributed by atoms with Crippen LogP contribution in [0.15, 0.2) is 24.3 Å². The van der Waals surface area contributed by atoms with Gasteiger partial charge in [0.05, 0.1) is 5.75 Å². The summed E-state index contributed by atoms with van der Waals surface area (Å²) < 4.78 is 24.0. The molecular formula is C14H22N2O3S. The molecule has 0 saturated heterocycles. The Morgan fingerprint density at radius 2 is 2.00 bits per heavy atom. The molecule has 20 heavy (non-hydrogen) atoms. The van der Waals surface area contributed by atoms with Crippen LogP contribution in [0.4, 0.5) is 5.69 Å². The van der Waals surface area contributed by atoms with E-state index in [4.69, 9.17) is 5.73 Å². The molecule has 0 aromatic heterocycles. The van der Waals surface area contributed by atoms with Crippen LogP contribution < -0.4 is 11.1 Å². The van der Waals surface area contributed by atoms with Gasteiger partial charge in [0.25, 0.3) is 0 Å². The fraction of sp³-hybridized carbons (Fsp3) is 0.500. The third kappa shape index (κ3) is 4.31. The van der Waals surface area contributed by atoms with E-state index in [0.29, 0.717) is 12.1 Å². The van der Waals surface area contributed by atoms with Gasteiger partial charge in [0.2, 0.25) is 5.91 Å². The maximum Gasteiger partial charge on any atom is 0.242 e. The second kappa shape index (κ2) is 7.40. The van der Waals surface area contributed by atoms with E-state index in [-0.39, 0.29) is 12.3 Å². The number of nitrogens with two attached hydrogens (primary N) is 1. The van der Waals surface area contributed by atoms with Gasteiger partial charge in [0.15, 0.2) is 9.84 Å². The monoisotopic (exact) mass is 298 g/mol. The summed E-state index contributed by atoms with van der Waals surface area (Å²) in [4.78, 5) is 12.1. The van der Waals surface area contributed by atoms with E-state index in [1.807, 2.05) is 13.0 Å². The van der Waals surface area contributed by atoms with Crippen LogP contribution in [0.1, 0.15) is 32.3 Å². The summed E-state index contributed by atoms with van der Waals surface area (Å²) in [5, 5.41) is 1.59. The largest absolute Gasteiger partial charge is 0.326 e. The summed E-state index contributed by atoms with van der Waals surface area (Å²) in [6.45, 7) is 3.62. The van der Waals surface area contributed by atoms with Crippen molar-refractivity contribution < 1.29 is 13.2 Å². The van der Waals surface area contributed by atoms with E-state index >= 15 is 0 Å². The van der Waals surface area contributed by atoms with E-state index in [9.17, 15) is 13.2 Å². The molecule has 3 N–H and O–H groups in total. The number of para-hydroxylation sites is 1. The van der Waals surface area contributed by atoms with Gasteiger partial charge in [0, 0.05) is 12.2 Å². The Morgan fingerprint density at radius 1 is 1.35 bits per heavy atom. The molecule has 0 saturated carbocycles. The Hall–Kier alpha value is -1.40. The van der Waals surface area contributed by atoms with Gasteiger partial charge in [-0.3, -0.25) is 4.79 Å². The number of carbonyl (C=O) groups is 1. The highest BCUT2D eigenvalue weighted by molar-refractivity contribution is 7.92. The minimum Gasteiger partial charge on any atom is -0.326 e. The quantitative estimate of drug-likeness (QED) is 0.801. The van der Waals surface area contributed by atoms with Crippen LogP contribution in [-0.2, 0) is 21.2 Å². The number of rotatable bonds is 7. The van der Waals surface area contributed by atoms with E-state index < -0.39 is 21.0 Å². The maximum absolute atomic E-state index is 12.1. The van der Waals surface area contributed by atoms with Gasteiger partial charge in [-0.1, -0.05) is 31.5 Å². The highest BCUT2D eigenvalue weighted by Gasteiger charge is 2.27. The molecule has 112 valence electrons. The third-order valence-electron chi connectivity index (χ3n) is 3.19. The predicted octanol–water partition coefficient (Wildman–Crippen LogP) is 1.69. The Labute approximate surface area is 120 Å². The zero-order valence-electron chi connectivity index (χ0n) is 11.9. The summed E-state index contributed by atoms with van der Waals surface area (Å²) in [5.41, 5.74) is 6.93.